The number of rotatable bonds is 2. The minimum atomic E-state index is -0.763. The van der Waals surface area contributed by atoms with E-state index in [0.717, 1.165) is 19.3 Å². The van der Waals surface area contributed by atoms with E-state index in [-0.39, 0.29) is 23.3 Å². The SMILES string of the molecule is CC1(C)CCCCC1N1CC(C(=O)O)CCC1=O. The number of piperidine rings is 1. The van der Waals surface area contributed by atoms with Gasteiger partial charge < -0.3 is 10.0 Å². The molecule has 18 heavy (non-hydrogen) atoms. The Morgan fingerprint density at radius 1 is 1.33 bits per heavy atom. The van der Waals surface area contributed by atoms with Crippen LogP contribution in [0, 0.1) is 11.3 Å². The first kappa shape index (κ1) is 13.4. The van der Waals surface area contributed by atoms with Crippen LogP contribution >= 0.6 is 0 Å². The van der Waals surface area contributed by atoms with Crippen LogP contribution in [0.3, 0.4) is 0 Å². The van der Waals surface area contributed by atoms with Crippen molar-refractivity contribution in [3.63, 3.8) is 0 Å². The molecule has 0 aromatic carbocycles. The smallest absolute Gasteiger partial charge is 0.308 e. The summed E-state index contributed by atoms with van der Waals surface area (Å²) in [6.07, 6.45) is 5.40. The second-order valence-electron chi connectivity index (χ2n) is 6.37. The number of carbonyl (C=O) groups excluding carboxylic acids is 1. The van der Waals surface area contributed by atoms with Crippen molar-refractivity contribution in [2.75, 3.05) is 6.54 Å². The molecular formula is C14H23NO3. The largest absolute Gasteiger partial charge is 0.481 e. The number of hydrogen-bond acceptors (Lipinski definition) is 2. The molecule has 2 unspecified atom stereocenters. The third-order valence-corrected chi connectivity index (χ3v) is 4.62. The summed E-state index contributed by atoms with van der Waals surface area (Å²) in [4.78, 5) is 25.1. The van der Waals surface area contributed by atoms with Gasteiger partial charge in [0, 0.05) is 19.0 Å². The number of aliphatic carboxylic acids is 1. The molecule has 1 saturated carbocycles. The van der Waals surface area contributed by atoms with E-state index in [1.165, 1.54) is 6.42 Å². The van der Waals surface area contributed by atoms with Gasteiger partial charge >= 0.3 is 5.97 Å². The topological polar surface area (TPSA) is 57.6 Å². The third kappa shape index (κ3) is 2.52. The van der Waals surface area contributed by atoms with Gasteiger partial charge in [-0.3, -0.25) is 9.59 Å². The Labute approximate surface area is 108 Å². The molecule has 1 N–H and O–H groups in total. The van der Waals surface area contributed by atoms with Gasteiger partial charge in [0.15, 0.2) is 0 Å². The normalized spacial score (nSPS) is 32.3. The van der Waals surface area contributed by atoms with E-state index in [1.807, 2.05) is 4.90 Å². The number of carboxylic acid groups (broad SMARTS) is 1. The summed E-state index contributed by atoms with van der Waals surface area (Å²) in [5, 5.41) is 9.13. The Hall–Kier alpha value is -1.06. The molecule has 1 amide bonds. The number of amides is 1. The lowest BCUT2D eigenvalue weighted by atomic mass is 9.72. The van der Waals surface area contributed by atoms with Crippen molar-refractivity contribution in [1.29, 1.82) is 0 Å². The highest BCUT2D eigenvalue weighted by Crippen LogP contribution is 2.40. The summed E-state index contributed by atoms with van der Waals surface area (Å²) in [6.45, 7) is 4.81. The first-order valence-corrected chi connectivity index (χ1v) is 6.94. The molecule has 0 aromatic rings. The molecule has 0 spiro atoms. The highest BCUT2D eigenvalue weighted by molar-refractivity contribution is 5.80. The molecule has 1 aliphatic carbocycles. The zero-order valence-corrected chi connectivity index (χ0v) is 11.3. The molecule has 102 valence electrons. The molecule has 1 aliphatic heterocycles. The standard InChI is InChI=1S/C14H23NO3/c1-14(2)8-4-3-5-11(14)15-9-10(13(17)18)6-7-12(15)16/h10-11H,3-9H2,1-2H3,(H,17,18). The van der Waals surface area contributed by atoms with Crippen molar-refractivity contribution in [3.05, 3.63) is 0 Å². The Kier molecular flexibility index (Phi) is 3.64. The Bertz CT molecular complexity index is 351. The molecule has 1 saturated heterocycles. The third-order valence-electron chi connectivity index (χ3n) is 4.62. The van der Waals surface area contributed by atoms with E-state index in [2.05, 4.69) is 13.8 Å². The second-order valence-corrected chi connectivity index (χ2v) is 6.37. The molecule has 0 bridgehead atoms. The average molecular weight is 253 g/mol. The van der Waals surface area contributed by atoms with Crippen molar-refractivity contribution >= 4 is 11.9 Å². The van der Waals surface area contributed by atoms with Gasteiger partial charge in [-0.05, 0) is 24.7 Å². The fourth-order valence-corrected chi connectivity index (χ4v) is 3.43. The molecule has 2 rings (SSSR count). The first-order valence-electron chi connectivity index (χ1n) is 6.94. The lowest BCUT2D eigenvalue weighted by Gasteiger charge is -2.47. The van der Waals surface area contributed by atoms with Crippen molar-refractivity contribution in [2.24, 2.45) is 11.3 Å². The highest BCUT2D eigenvalue weighted by Gasteiger charge is 2.41. The number of likely N-dealkylation sites (tertiary alicyclic amines) is 1. The Morgan fingerprint density at radius 2 is 2.06 bits per heavy atom. The molecule has 4 heteroatoms. The van der Waals surface area contributed by atoms with Gasteiger partial charge in [0.1, 0.15) is 0 Å². The molecular weight excluding hydrogens is 230 g/mol. The van der Waals surface area contributed by atoms with Crippen molar-refractivity contribution < 1.29 is 14.7 Å². The summed E-state index contributed by atoms with van der Waals surface area (Å²) in [7, 11) is 0. The lowest BCUT2D eigenvalue weighted by molar-refractivity contribution is -0.151. The highest BCUT2D eigenvalue weighted by atomic mass is 16.4. The van der Waals surface area contributed by atoms with E-state index < -0.39 is 5.97 Å². The maximum Gasteiger partial charge on any atom is 0.308 e. The second kappa shape index (κ2) is 4.90. The summed E-state index contributed by atoms with van der Waals surface area (Å²) in [6, 6.07) is 0.223. The van der Waals surface area contributed by atoms with Crippen molar-refractivity contribution in [1.82, 2.24) is 4.90 Å². The van der Waals surface area contributed by atoms with Gasteiger partial charge in [-0.1, -0.05) is 26.7 Å². The minimum absolute atomic E-state index is 0.119. The molecule has 0 aromatic heterocycles. The van der Waals surface area contributed by atoms with Gasteiger partial charge in [-0.25, -0.2) is 0 Å². The Balaban J connectivity index is 2.14. The van der Waals surface area contributed by atoms with Crippen LogP contribution in [0.2, 0.25) is 0 Å². The number of carbonyl (C=O) groups is 2. The number of carboxylic acids is 1. The van der Waals surface area contributed by atoms with Crippen LogP contribution in [-0.2, 0) is 9.59 Å². The summed E-state index contributed by atoms with van der Waals surface area (Å²) < 4.78 is 0. The number of hydrogen-bond donors (Lipinski definition) is 1. The fourth-order valence-electron chi connectivity index (χ4n) is 3.43. The molecule has 2 fully saturated rings. The van der Waals surface area contributed by atoms with Gasteiger partial charge in [-0.15, -0.1) is 0 Å². The van der Waals surface area contributed by atoms with Crippen LogP contribution in [0.25, 0.3) is 0 Å². The zero-order chi connectivity index (χ0) is 13.3. The number of nitrogens with zero attached hydrogens (tertiary/aromatic N) is 1. The van der Waals surface area contributed by atoms with Crippen LogP contribution in [0.4, 0.5) is 0 Å². The Morgan fingerprint density at radius 3 is 2.67 bits per heavy atom. The van der Waals surface area contributed by atoms with Gasteiger partial charge in [0.25, 0.3) is 0 Å². The quantitative estimate of drug-likeness (QED) is 0.821. The minimum Gasteiger partial charge on any atom is -0.481 e. The lowest BCUT2D eigenvalue weighted by Crippen LogP contribution is -2.54. The summed E-state index contributed by atoms with van der Waals surface area (Å²) >= 11 is 0. The molecule has 2 atom stereocenters. The predicted octanol–water partition coefficient (Wildman–Crippen LogP) is 2.28. The summed E-state index contributed by atoms with van der Waals surface area (Å²) in [5.74, 6) is -0.992. The predicted molar refractivity (Wildman–Crippen MR) is 68.1 cm³/mol. The van der Waals surface area contributed by atoms with Crippen LogP contribution in [-0.4, -0.2) is 34.5 Å². The van der Waals surface area contributed by atoms with Crippen LogP contribution in [0.5, 0.6) is 0 Å². The van der Waals surface area contributed by atoms with Crippen molar-refractivity contribution in [3.8, 4) is 0 Å². The molecule has 2 aliphatic rings. The average Bonchev–Trinajstić information content (AvgIpc) is 2.29. The van der Waals surface area contributed by atoms with E-state index in [1.54, 1.807) is 0 Å². The molecule has 0 radical (unpaired) electrons. The van der Waals surface area contributed by atoms with E-state index in [9.17, 15) is 9.59 Å². The monoisotopic (exact) mass is 253 g/mol. The van der Waals surface area contributed by atoms with Crippen LogP contribution < -0.4 is 0 Å². The van der Waals surface area contributed by atoms with E-state index >= 15 is 0 Å². The zero-order valence-electron chi connectivity index (χ0n) is 11.3. The summed E-state index contributed by atoms with van der Waals surface area (Å²) in [5.41, 5.74) is 0.119. The first-order chi connectivity index (χ1) is 8.42. The van der Waals surface area contributed by atoms with Crippen molar-refractivity contribution in [2.45, 2.75) is 58.4 Å². The van der Waals surface area contributed by atoms with Crippen LogP contribution in [0.1, 0.15) is 52.4 Å². The van der Waals surface area contributed by atoms with E-state index in [4.69, 9.17) is 5.11 Å². The van der Waals surface area contributed by atoms with Gasteiger partial charge in [0.05, 0.1) is 5.92 Å². The van der Waals surface area contributed by atoms with Gasteiger partial charge in [-0.2, -0.15) is 0 Å². The molecule has 1 heterocycles. The maximum atomic E-state index is 12.1. The van der Waals surface area contributed by atoms with Gasteiger partial charge in [0.2, 0.25) is 5.91 Å². The fraction of sp³-hybridized carbons (Fsp3) is 0.857. The van der Waals surface area contributed by atoms with Crippen LogP contribution in [0.15, 0.2) is 0 Å². The maximum absolute atomic E-state index is 12.1. The van der Waals surface area contributed by atoms with E-state index in [0.29, 0.717) is 19.4 Å². The molecule has 4 nitrogen and oxygen atoms in total.